The minimum absolute atomic E-state index is 0.0296. The van der Waals surface area contributed by atoms with Gasteiger partial charge in [-0.05, 0) is 44.9 Å². The summed E-state index contributed by atoms with van der Waals surface area (Å²) in [4.78, 5) is 0. The summed E-state index contributed by atoms with van der Waals surface area (Å²) < 4.78 is 5.65. The first-order valence-electron chi connectivity index (χ1n) is 5.62. The lowest BCUT2D eigenvalue weighted by Gasteiger charge is -2.19. The van der Waals surface area contributed by atoms with Crippen molar-refractivity contribution in [2.45, 2.75) is 45.9 Å². The smallest absolute Gasteiger partial charge is 0.122 e. The van der Waals surface area contributed by atoms with E-state index in [1.807, 2.05) is 39.0 Å². The van der Waals surface area contributed by atoms with Crippen LogP contribution < -0.4 is 10.5 Å². The van der Waals surface area contributed by atoms with E-state index in [0.717, 1.165) is 16.9 Å². The molecule has 3 heteroatoms. The second kappa shape index (κ2) is 5.32. The Kier molecular flexibility index (Phi) is 4.33. The summed E-state index contributed by atoms with van der Waals surface area (Å²) in [5.41, 5.74) is 7.94. The fourth-order valence-corrected chi connectivity index (χ4v) is 1.39. The molecule has 1 aromatic carbocycles. The quantitative estimate of drug-likeness (QED) is 0.822. The molecular weight excluding hydrogens is 202 g/mol. The zero-order valence-corrected chi connectivity index (χ0v) is 10.4. The van der Waals surface area contributed by atoms with Crippen molar-refractivity contribution in [3.63, 3.8) is 0 Å². The van der Waals surface area contributed by atoms with Gasteiger partial charge in [-0.25, -0.2) is 0 Å². The van der Waals surface area contributed by atoms with Gasteiger partial charge in [0.25, 0.3) is 0 Å². The SMILES string of the molecule is Cc1cc([C@@H](C)N)ccc1OC(C)C(C)O. The molecule has 3 nitrogen and oxygen atoms in total. The van der Waals surface area contributed by atoms with Crippen LogP contribution in [0.4, 0.5) is 0 Å². The van der Waals surface area contributed by atoms with Gasteiger partial charge in [0.05, 0.1) is 6.10 Å². The molecule has 0 aromatic heterocycles. The maximum Gasteiger partial charge on any atom is 0.122 e. The molecule has 3 atom stereocenters. The van der Waals surface area contributed by atoms with E-state index in [-0.39, 0.29) is 12.1 Å². The van der Waals surface area contributed by atoms with E-state index in [2.05, 4.69) is 0 Å². The summed E-state index contributed by atoms with van der Waals surface area (Å²) in [5, 5.41) is 9.37. The van der Waals surface area contributed by atoms with E-state index in [0.29, 0.717) is 0 Å². The van der Waals surface area contributed by atoms with Crippen LogP contribution in [0.5, 0.6) is 5.75 Å². The number of aryl methyl sites for hydroxylation is 1. The molecule has 16 heavy (non-hydrogen) atoms. The summed E-state index contributed by atoms with van der Waals surface area (Å²) in [6, 6.07) is 5.92. The average molecular weight is 223 g/mol. The third kappa shape index (κ3) is 3.22. The normalized spacial score (nSPS) is 16.6. The molecule has 3 N–H and O–H groups in total. The van der Waals surface area contributed by atoms with Crippen molar-refractivity contribution < 1.29 is 9.84 Å². The van der Waals surface area contributed by atoms with Crippen molar-refractivity contribution in [2.24, 2.45) is 5.73 Å². The molecule has 0 bridgehead atoms. The van der Waals surface area contributed by atoms with Gasteiger partial charge in [-0.2, -0.15) is 0 Å². The van der Waals surface area contributed by atoms with Crippen LogP contribution in [0.2, 0.25) is 0 Å². The first-order valence-corrected chi connectivity index (χ1v) is 5.62. The Morgan fingerprint density at radius 2 is 1.88 bits per heavy atom. The van der Waals surface area contributed by atoms with E-state index in [1.165, 1.54) is 0 Å². The fourth-order valence-electron chi connectivity index (χ4n) is 1.39. The van der Waals surface area contributed by atoms with E-state index in [4.69, 9.17) is 10.5 Å². The van der Waals surface area contributed by atoms with Crippen molar-refractivity contribution in [1.82, 2.24) is 0 Å². The first-order chi connectivity index (χ1) is 7.41. The Labute approximate surface area is 97.2 Å². The van der Waals surface area contributed by atoms with Gasteiger partial charge >= 0.3 is 0 Å². The van der Waals surface area contributed by atoms with E-state index < -0.39 is 6.10 Å². The molecule has 0 spiro atoms. The Hall–Kier alpha value is -1.06. The van der Waals surface area contributed by atoms with Crippen LogP contribution >= 0.6 is 0 Å². The molecular formula is C13H21NO2. The maximum atomic E-state index is 9.37. The number of nitrogens with two attached hydrogens (primary N) is 1. The van der Waals surface area contributed by atoms with Crippen LogP contribution in [-0.2, 0) is 0 Å². The maximum absolute atomic E-state index is 9.37. The molecule has 0 saturated carbocycles. The molecule has 90 valence electrons. The van der Waals surface area contributed by atoms with Crippen LogP contribution in [0.25, 0.3) is 0 Å². The standard InChI is InChI=1S/C13H21NO2/c1-8-7-12(9(2)14)5-6-13(8)16-11(4)10(3)15/h5-7,9-11,15H,14H2,1-4H3/t9-,10?,11?/m1/s1. The summed E-state index contributed by atoms with van der Waals surface area (Å²) in [6.45, 7) is 7.50. The second-order valence-corrected chi connectivity index (χ2v) is 4.38. The molecule has 1 rings (SSSR count). The molecule has 0 radical (unpaired) electrons. The lowest BCUT2D eigenvalue weighted by atomic mass is 10.1. The molecule has 0 aliphatic heterocycles. The van der Waals surface area contributed by atoms with E-state index in [9.17, 15) is 5.11 Å². The number of aliphatic hydroxyl groups excluding tert-OH is 1. The highest BCUT2D eigenvalue weighted by molar-refractivity contribution is 5.37. The lowest BCUT2D eigenvalue weighted by molar-refractivity contribution is 0.0600. The van der Waals surface area contributed by atoms with Gasteiger partial charge in [-0.3, -0.25) is 0 Å². The largest absolute Gasteiger partial charge is 0.488 e. The van der Waals surface area contributed by atoms with E-state index in [1.54, 1.807) is 6.92 Å². The predicted octanol–water partition coefficient (Wildman–Crippen LogP) is 2.16. The molecule has 0 amide bonds. The molecule has 1 aromatic rings. The van der Waals surface area contributed by atoms with Gasteiger partial charge in [0.1, 0.15) is 11.9 Å². The molecule has 2 unspecified atom stereocenters. The van der Waals surface area contributed by atoms with Crippen molar-refractivity contribution in [2.75, 3.05) is 0 Å². The molecule has 0 aliphatic carbocycles. The third-order valence-corrected chi connectivity index (χ3v) is 2.72. The number of aliphatic hydroxyl groups is 1. The topological polar surface area (TPSA) is 55.5 Å². The zero-order chi connectivity index (χ0) is 12.3. The van der Waals surface area contributed by atoms with Crippen LogP contribution in [0.15, 0.2) is 18.2 Å². The summed E-state index contributed by atoms with van der Waals surface area (Å²) in [5.74, 6) is 0.804. The minimum atomic E-state index is -0.479. The number of ether oxygens (including phenoxy) is 1. The van der Waals surface area contributed by atoms with Crippen LogP contribution in [-0.4, -0.2) is 17.3 Å². The Balaban J connectivity index is 2.83. The van der Waals surface area contributed by atoms with Gasteiger partial charge in [0, 0.05) is 6.04 Å². The number of benzene rings is 1. The van der Waals surface area contributed by atoms with Crippen molar-refractivity contribution in [1.29, 1.82) is 0 Å². The van der Waals surface area contributed by atoms with Gasteiger partial charge in [0.15, 0.2) is 0 Å². The van der Waals surface area contributed by atoms with Gasteiger partial charge in [-0.15, -0.1) is 0 Å². The fraction of sp³-hybridized carbons (Fsp3) is 0.538. The highest BCUT2D eigenvalue weighted by atomic mass is 16.5. The second-order valence-electron chi connectivity index (χ2n) is 4.38. The number of hydrogen-bond donors (Lipinski definition) is 2. The van der Waals surface area contributed by atoms with Gasteiger partial charge in [0.2, 0.25) is 0 Å². The first kappa shape index (κ1) is 13.0. The van der Waals surface area contributed by atoms with Crippen molar-refractivity contribution >= 4 is 0 Å². The van der Waals surface area contributed by atoms with Crippen LogP contribution in [0, 0.1) is 6.92 Å². The summed E-state index contributed by atoms with van der Waals surface area (Å²) in [6.07, 6.45) is -0.688. The number of rotatable bonds is 4. The predicted molar refractivity (Wildman–Crippen MR) is 65.6 cm³/mol. The van der Waals surface area contributed by atoms with Crippen molar-refractivity contribution in [3.05, 3.63) is 29.3 Å². The van der Waals surface area contributed by atoms with Crippen molar-refractivity contribution in [3.8, 4) is 5.75 Å². The van der Waals surface area contributed by atoms with Gasteiger partial charge in [-0.1, -0.05) is 12.1 Å². The highest BCUT2D eigenvalue weighted by Crippen LogP contribution is 2.23. The van der Waals surface area contributed by atoms with Crippen LogP contribution in [0.1, 0.15) is 37.9 Å². The van der Waals surface area contributed by atoms with Crippen LogP contribution in [0.3, 0.4) is 0 Å². The summed E-state index contributed by atoms with van der Waals surface area (Å²) in [7, 11) is 0. The van der Waals surface area contributed by atoms with Gasteiger partial charge < -0.3 is 15.6 Å². The molecule has 0 heterocycles. The Morgan fingerprint density at radius 3 is 2.31 bits per heavy atom. The average Bonchev–Trinajstić information content (AvgIpc) is 2.20. The Bertz CT molecular complexity index is 348. The molecule has 0 aliphatic rings. The highest BCUT2D eigenvalue weighted by Gasteiger charge is 2.12. The summed E-state index contributed by atoms with van der Waals surface area (Å²) >= 11 is 0. The Morgan fingerprint density at radius 1 is 1.25 bits per heavy atom. The molecule has 0 saturated heterocycles. The monoisotopic (exact) mass is 223 g/mol. The van der Waals surface area contributed by atoms with E-state index >= 15 is 0 Å². The zero-order valence-electron chi connectivity index (χ0n) is 10.4. The third-order valence-electron chi connectivity index (χ3n) is 2.72. The number of hydrogen-bond acceptors (Lipinski definition) is 3. The lowest BCUT2D eigenvalue weighted by Crippen LogP contribution is -2.25. The minimum Gasteiger partial charge on any atom is -0.488 e. The molecule has 0 fully saturated rings.